The number of hydrogen-bond donors (Lipinski definition) is 2. The van der Waals surface area contributed by atoms with Gasteiger partial charge in [0.25, 0.3) is 0 Å². The molecule has 2 amide bonds. The van der Waals surface area contributed by atoms with Gasteiger partial charge in [-0.15, -0.1) is 0 Å². The number of amides is 2. The molecule has 0 unspecified atom stereocenters. The summed E-state index contributed by atoms with van der Waals surface area (Å²) in [6.07, 6.45) is 5.51. The molecule has 2 N–H and O–H groups in total. The summed E-state index contributed by atoms with van der Waals surface area (Å²) in [7, 11) is 3.14. The fraction of sp³-hybridized carbons (Fsp3) is 0.421. The first-order chi connectivity index (χ1) is 13.2. The van der Waals surface area contributed by atoms with Crippen LogP contribution in [-0.4, -0.2) is 49.9 Å². The zero-order valence-corrected chi connectivity index (χ0v) is 15.6. The van der Waals surface area contributed by atoms with Crippen LogP contribution in [0, 0.1) is 5.92 Å². The molecule has 0 saturated carbocycles. The van der Waals surface area contributed by atoms with E-state index in [1.807, 2.05) is 6.07 Å². The number of aromatic nitrogens is 2. The average Bonchev–Trinajstić information content (AvgIpc) is 2.73. The van der Waals surface area contributed by atoms with Gasteiger partial charge in [0.1, 0.15) is 0 Å². The summed E-state index contributed by atoms with van der Waals surface area (Å²) in [5.74, 6) is 2.42. The molecule has 0 aliphatic carbocycles. The number of benzene rings is 1. The molecular weight excluding hydrogens is 346 g/mol. The van der Waals surface area contributed by atoms with Crippen molar-refractivity contribution in [1.29, 1.82) is 0 Å². The fourth-order valence-corrected chi connectivity index (χ4v) is 3.12. The molecule has 0 bridgehead atoms. The Labute approximate surface area is 158 Å². The minimum Gasteiger partial charge on any atom is -0.493 e. The SMILES string of the molecule is COc1ccc(NC(=O)NCC2CCN(c3ncccn3)CC2)cc1OC. The minimum atomic E-state index is -0.226. The third-order valence-corrected chi connectivity index (χ3v) is 4.64. The molecule has 1 saturated heterocycles. The van der Waals surface area contributed by atoms with Crippen LogP contribution >= 0.6 is 0 Å². The van der Waals surface area contributed by atoms with Gasteiger partial charge in [-0.2, -0.15) is 0 Å². The second-order valence-electron chi connectivity index (χ2n) is 6.38. The Morgan fingerprint density at radius 1 is 1.15 bits per heavy atom. The third-order valence-electron chi connectivity index (χ3n) is 4.64. The highest BCUT2D eigenvalue weighted by Gasteiger charge is 2.21. The lowest BCUT2D eigenvalue weighted by Gasteiger charge is -2.31. The van der Waals surface area contributed by atoms with Crippen molar-refractivity contribution in [3.05, 3.63) is 36.7 Å². The summed E-state index contributed by atoms with van der Waals surface area (Å²) in [6, 6.07) is 6.86. The number of ether oxygens (including phenoxy) is 2. The van der Waals surface area contributed by atoms with E-state index in [-0.39, 0.29) is 6.03 Å². The van der Waals surface area contributed by atoms with E-state index in [1.165, 1.54) is 0 Å². The van der Waals surface area contributed by atoms with Gasteiger partial charge in [-0.25, -0.2) is 14.8 Å². The maximum atomic E-state index is 12.2. The van der Waals surface area contributed by atoms with Crippen LogP contribution < -0.4 is 25.0 Å². The first kappa shape index (κ1) is 18.8. The number of piperidine rings is 1. The molecule has 0 spiro atoms. The van der Waals surface area contributed by atoms with Crippen LogP contribution in [-0.2, 0) is 0 Å². The monoisotopic (exact) mass is 371 g/mol. The van der Waals surface area contributed by atoms with E-state index in [4.69, 9.17) is 9.47 Å². The van der Waals surface area contributed by atoms with Gasteiger partial charge in [0.2, 0.25) is 5.95 Å². The Balaban J connectivity index is 1.44. The molecule has 1 aliphatic rings. The van der Waals surface area contributed by atoms with Gasteiger partial charge in [0, 0.05) is 43.8 Å². The number of methoxy groups -OCH3 is 2. The third kappa shape index (κ3) is 4.99. The number of rotatable bonds is 6. The van der Waals surface area contributed by atoms with E-state index in [2.05, 4.69) is 25.5 Å². The van der Waals surface area contributed by atoms with E-state index < -0.39 is 0 Å². The van der Waals surface area contributed by atoms with Crippen LogP contribution in [0.2, 0.25) is 0 Å². The lowest BCUT2D eigenvalue weighted by molar-refractivity contribution is 0.248. The lowest BCUT2D eigenvalue weighted by Crippen LogP contribution is -2.40. The van der Waals surface area contributed by atoms with Gasteiger partial charge < -0.3 is 25.0 Å². The number of nitrogens with one attached hydrogen (secondary N) is 2. The van der Waals surface area contributed by atoms with Crippen LogP contribution in [0.4, 0.5) is 16.4 Å². The van der Waals surface area contributed by atoms with Crippen molar-refractivity contribution in [2.24, 2.45) is 5.92 Å². The van der Waals surface area contributed by atoms with Crippen molar-refractivity contribution >= 4 is 17.7 Å². The molecule has 0 atom stereocenters. The van der Waals surface area contributed by atoms with E-state index in [9.17, 15) is 4.79 Å². The molecule has 1 aromatic carbocycles. The van der Waals surface area contributed by atoms with E-state index in [0.717, 1.165) is 31.9 Å². The number of nitrogens with zero attached hydrogens (tertiary/aromatic N) is 3. The molecule has 8 heteroatoms. The van der Waals surface area contributed by atoms with Crippen LogP contribution in [0.15, 0.2) is 36.7 Å². The van der Waals surface area contributed by atoms with Crippen molar-refractivity contribution in [3.63, 3.8) is 0 Å². The Hall–Kier alpha value is -3.03. The molecule has 1 aliphatic heterocycles. The van der Waals surface area contributed by atoms with Gasteiger partial charge in [0.15, 0.2) is 11.5 Å². The first-order valence-corrected chi connectivity index (χ1v) is 8.98. The smallest absolute Gasteiger partial charge is 0.319 e. The number of anilines is 2. The number of hydrogen-bond acceptors (Lipinski definition) is 6. The maximum Gasteiger partial charge on any atom is 0.319 e. The molecule has 144 valence electrons. The highest BCUT2D eigenvalue weighted by molar-refractivity contribution is 5.89. The Kier molecular flexibility index (Phi) is 6.30. The lowest BCUT2D eigenvalue weighted by atomic mass is 9.97. The van der Waals surface area contributed by atoms with E-state index in [1.54, 1.807) is 44.8 Å². The molecule has 2 heterocycles. The standard InChI is InChI=1S/C19H25N5O3/c1-26-16-5-4-15(12-17(16)27-2)23-19(25)22-13-14-6-10-24(11-7-14)18-20-8-3-9-21-18/h3-5,8-9,12,14H,6-7,10-11,13H2,1-2H3,(H2,22,23,25). The van der Waals surface area contributed by atoms with Crippen molar-refractivity contribution < 1.29 is 14.3 Å². The second kappa shape index (κ2) is 9.07. The summed E-state index contributed by atoms with van der Waals surface area (Å²) < 4.78 is 10.4. The molecule has 3 rings (SSSR count). The Morgan fingerprint density at radius 2 is 1.85 bits per heavy atom. The summed E-state index contributed by atoms with van der Waals surface area (Å²) >= 11 is 0. The highest BCUT2D eigenvalue weighted by Crippen LogP contribution is 2.29. The topological polar surface area (TPSA) is 88.6 Å². The predicted molar refractivity (Wildman–Crippen MR) is 104 cm³/mol. The number of carbonyl (C=O) groups excluding carboxylic acids is 1. The summed E-state index contributed by atoms with van der Waals surface area (Å²) in [6.45, 7) is 2.43. The molecule has 2 aromatic rings. The van der Waals surface area contributed by atoms with E-state index >= 15 is 0 Å². The molecule has 0 radical (unpaired) electrons. The molecule has 1 fully saturated rings. The first-order valence-electron chi connectivity index (χ1n) is 8.98. The van der Waals surface area contributed by atoms with Crippen LogP contribution in [0.1, 0.15) is 12.8 Å². The number of carbonyl (C=O) groups is 1. The molecule has 1 aromatic heterocycles. The van der Waals surface area contributed by atoms with Crippen LogP contribution in [0.5, 0.6) is 11.5 Å². The largest absolute Gasteiger partial charge is 0.493 e. The van der Waals surface area contributed by atoms with Gasteiger partial charge in [-0.1, -0.05) is 0 Å². The summed E-state index contributed by atoms with van der Waals surface area (Å²) in [5.41, 5.74) is 0.654. The predicted octanol–water partition coefficient (Wildman–Crippen LogP) is 2.53. The summed E-state index contributed by atoms with van der Waals surface area (Å²) in [4.78, 5) is 22.9. The molecule has 27 heavy (non-hydrogen) atoms. The zero-order chi connectivity index (χ0) is 19.1. The van der Waals surface area contributed by atoms with Crippen molar-refractivity contribution in [2.75, 3.05) is 44.1 Å². The molecule has 8 nitrogen and oxygen atoms in total. The van der Waals surface area contributed by atoms with Crippen molar-refractivity contribution in [3.8, 4) is 11.5 Å². The quantitative estimate of drug-likeness (QED) is 0.811. The van der Waals surface area contributed by atoms with Gasteiger partial charge in [-0.3, -0.25) is 0 Å². The Morgan fingerprint density at radius 3 is 2.52 bits per heavy atom. The van der Waals surface area contributed by atoms with E-state index in [0.29, 0.717) is 29.6 Å². The number of urea groups is 1. The minimum absolute atomic E-state index is 0.226. The summed E-state index contributed by atoms with van der Waals surface area (Å²) in [5, 5.41) is 5.78. The Bertz CT molecular complexity index is 748. The normalized spacial score (nSPS) is 14.5. The van der Waals surface area contributed by atoms with Crippen LogP contribution in [0.25, 0.3) is 0 Å². The van der Waals surface area contributed by atoms with Gasteiger partial charge in [-0.05, 0) is 37.0 Å². The van der Waals surface area contributed by atoms with Crippen LogP contribution in [0.3, 0.4) is 0 Å². The molecular formula is C19H25N5O3. The van der Waals surface area contributed by atoms with Gasteiger partial charge >= 0.3 is 6.03 Å². The highest BCUT2D eigenvalue weighted by atomic mass is 16.5. The maximum absolute atomic E-state index is 12.2. The zero-order valence-electron chi connectivity index (χ0n) is 15.6. The van der Waals surface area contributed by atoms with Crippen molar-refractivity contribution in [2.45, 2.75) is 12.8 Å². The van der Waals surface area contributed by atoms with Crippen molar-refractivity contribution in [1.82, 2.24) is 15.3 Å². The second-order valence-corrected chi connectivity index (χ2v) is 6.38. The van der Waals surface area contributed by atoms with Gasteiger partial charge in [0.05, 0.1) is 14.2 Å². The average molecular weight is 371 g/mol. The fourth-order valence-electron chi connectivity index (χ4n) is 3.12.